The quantitative estimate of drug-likeness (QED) is 0.786. The molecule has 1 N–H and O–H groups in total. The van der Waals surface area contributed by atoms with Crippen molar-refractivity contribution in [2.24, 2.45) is 0 Å². The maximum absolute atomic E-state index is 3.55. The van der Waals surface area contributed by atoms with Crippen LogP contribution < -0.4 is 5.32 Å². The molecule has 0 bridgehead atoms. The van der Waals surface area contributed by atoms with Crippen molar-refractivity contribution in [2.75, 3.05) is 13.6 Å². The van der Waals surface area contributed by atoms with Crippen molar-refractivity contribution >= 4 is 31.9 Å². The molecule has 0 saturated heterocycles. The zero-order valence-corrected chi connectivity index (χ0v) is 14.0. The van der Waals surface area contributed by atoms with Gasteiger partial charge in [0.2, 0.25) is 0 Å². The van der Waals surface area contributed by atoms with Crippen LogP contribution in [-0.2, 0) is 6.42 Å². The highest BCUT2D eigenvalue weighted by atomic mass is 79.9. The van der Waals surface area contributed by atoms with Gasteiger partial charge in [-0.25, -0.2) is 0 Å². The summed E-state index contributed by atoms with van der Waals surface area (Å²) in [5.74, 6) is 0.483. The van der Waals surface area contributed by atoms with Crippen LogP contribution in [0.5, 0.6) is 0 Å². The van der Waals surface area contributed by atoms with Crippen LogP contribution in [0.2, 0.25) is 0 Å². The lowest BCUT2D eigenvalue weighted by atomic mass is 9.92. The van der Waals surface area contributed by atoms with Crippen LogP contribution in [0.3, 0.4) is 0 Å². The Bertz CT molecular complexity index is 540. The van der Waals surface area contributed by atoms with Crippen LogP contribution in [-0.4, -0.2) is 13.6 Å². The van der Waals surface area contributed by atoms with Gasteiger partial charge in [-0.2, -0.15) is 0 Å². The van der Waals surface area contributed by atoms with E-state index in [4.69, 9.17) is 0 Å². The summed E-state index contributed by atoms with van der Waals surface area (Å²) >= 11 is 7.09. The molecule has 0 radical (unpaired) electrons. The lowest BCUT2D eigenvalue weighted by Gasteiger charge is -2.17. The molecule has 0 aliphatic carbocycles. The zero-order valence-electron chi connectivity index (χ0n) is 10.9. The van der Waals surface area contributed by atoms with Gasteiger partial charge < -0.3 is 5.32 Å². The first-order chi connectivity index (χ1) is 9.19. The summed E-state index contributed by atoms with van der Waals surface area (Å²) in [5, 5.41) is 3.29. The SMILES string of the molecule is CNCC(Cc1cccc(Br)c1)c1cccc(Br)c1. The monoisotopic (exact) mass is 381 g/mol. The lowest BCUT2D eigenvalue weighted by Crippen LogP contribution is -2.19. The van der Waals surface area contributed by atoms with Crippen LogP contribution in [0.25, 0.3) is 0 Å². The third kappa shape index (κ3) is 4.44. The largest absolute Gasteiger partial charge is 0.319 e. The maximum Gasteiger partial charge on any atom is 0.0178 e. The second-order valence-electron chi connectivity index (χ2n) is 4.64. The fourth-order valence-electron chi connectivity index (χ4n) is 2.26. The molecule has 2 aromatic rings. The van der Waals surface area contributed by atoms with E-state index in [0.29, 0.717) is 5.92 Å². The minimum atomic E-state index is 0.483. The topological polar surface area (TPSA) is 12.0 Å². The van der Waals surface area contributed by atoms with Crippen molar-refractivity contribution in [2.45, 2.75) is 12.3 Å². The first-order valence-corrected chi connectivity index (χ1v) is 7.92. The Morgan fingerprint density at radius 3 is 2.32 bits per heavy atom. The van der Waals surface area contributed by atoms with Gasteiger partial charge in [0, 0.05) is 21.4 Å². The van der Waals surface area contributed by atoms with Crippen LogP contribution in [0, 0.1) is 0 Å². The minimum Gasteiger partial charge on any atom is -0.319 e. The van der Waals surface area contributed by atoms with Crippen LogP contribution in [0.15, 0.2) is 57.5 Å². The summed E-state index contributed by atoms with van der Waals surface area (Å²) in [6.45, 7) is 0.975. The summed E-state index contributed by atoms with van der Waals surface area (Å²) in [6, 6.07) is 17.1. The molecule has 0 amide bonds. The lowest BCUT2D eigenvalue weighted by molar-refractivity contribution is 0.625. The van der Waals surface area contributed by atoms with Gasteiger partial charge in [-0.1, -0.05) is 56.1 Å². The molecule has 2 aromatic carbocycles. The highest BCUT2D eigenvalue weighted by molar-refractivity contribution is 9.10. The highest BCUT2D eigenvalue weighted by Gasteiger charge is 2.12. The molecule has 0 fully saturated rings. The molecule has 100 valence electrons. The Labute approximate surface area is 131 Å². The molecule has 0 aromatic heterocycles. The van der Waals surface area contributed by atoms with Crippen molar-refractivity contribution in [3.05, 3.63) is 68.6 Å². The molecule has 0 aliphatic rings. The number of rotatable bonds is 5. The number of hydrogen-bond acceptors (Lipinski definition) is 1. The van der Waals surface area contributed by atoms with Gasteiger partial charge in [-0.05, 0) is 48.9 Å². The van der Waals surface area contributed by atoms with E-state index in [-0.39, 0.29) is 0 Å². The Balaban J connectivity index is 2.21. The molecule has 0 spiro atoms. The number of nitrogens with one attached hydrogen (secondary N) is 1. The van der Waals surface area contributed by atoms with E-state index < -0.39 is 0 Å². The summed E-state index contributed by atoms with van der Waals surface area (Å²) in [7, 11) is 2.01. The second kappa shape index (κ2) is 7.22. The van der Waals surface area contributed by atoms with Gasteiger partial charge in [0.1, 0.15) is 0 Å². The van der Waals surface area contributed by atoms with Crippen LogP contribution in [0.1, 0.15) is 17.0 Å². The van der Waals surface area contributed by atoms with E-state index in [9.17, 15) is 0 Å². The van der Waals surface area contributed by atoms with E-state index in [1.165, 1.54) is 11.1 Å². The third-order valence-electron chi connectivity index (χ3n) is 3.14. The Kier molecular flexibility index (Phi) is 5.61. The van der Waals surface area contributed by atoms with Crippen LogP contribution >= 0.6 is 31.9 Å². The number of halogens is 2. The average Bonchev–Trinajstić information content (AvgIpc) is 2.38. The van der Waals surface area contributed by atoms with Crippen molar-refractivity contribution in [3.8, 4) is 0 Å². The van der Waals surface area contributed by atoms with Crippen molar-refractivity contribution in [1.82, 2.24) is 5.32 Å². The van der Waals surface area contributed by atoms with E-state index in [2.05, 4.69) is 85.7 Å². The maximum atomic E-state index is 3.55. The summed E-state index contributed by atoms with van der Waals surface area (Å²) in [6.07, 6.45) is 1.04. The Morgan fingerprint density at radius 1 is 1.00 bits per heavy atom. The fraction of sp³-hybridized carbons (Fsp3) is 0.250. The van der Waals surface area contributed by atoms with Gasteiger partial charge in [0.05, 0.1) is 0 Å². The van der Waals surface area contributed by atoms with E-state index in [1.807, 2.05) is 7.05 Å². The van der Waals surface area contributed by atoms with E-state index in [0.717, 1.165) is 21.9 Å². The normalized spacial score (nSPS) is 12.4. The van der Waals surface area contributed by atoms with Crippen molar-refractivity contribution in [1.29, 1.82) is 0 Å². The molecule has 1 nitrogen and oxygen atoms in total. The molecule has 1 unspecified atom stereocenters. The number of benzene rings is 2. The van der Waals surface area contributed by atoms with Crippen molar-refractivity contribution in [3.63, 3.8) is 0 Å². The molecule has 0 heterocycles. The Hall–Kier alpha value is -0.640. The molecule has 0 saturated carbocycles. The summed E-state index contributed by atoms with van der Waals surface area (Å²) in [5.41, 5.74) is 2.72. The van der Waals surface area contributed by atoms with Gasteiger partial charge >= 0.3 is 0 Å². The molecule has 1 atom stereocenters. The van der Waals surface area contributed by atoms with Gasteiger partial charge in [-0.3, -0.25) is 0 Å². The van der Waals surface area contributed by atoms with Gasteiger partial charge in [0.15, 0.2) is 0 Å². The molecule has 19 heavy (non-hydrogen) atoms. The summed E-state index contributed by atoms with van der Waals surface area (Å²) < 4.78 is 2.28. The van der Waals surface area contributed by atoms with E-state index in [1.54, 1.807) is 0 Å². The highest BCUT2D eigenvalue weighted by Crippen LogP contribution is 2.24. The fourth-order valence-corrected chi connectivity index (χ4v) is 3.13. The minimum absolute atomic E-state index is 0.483. The third-order valence-corrected chi connectivity index (χ3v) is 4.13. The van der Waals surface area contributed by atoms with Gasteiger partial charge in [0.25, 0.3) is 0 Å². The molecule has 2 rings (SSSR count). The zero-order chi connectivity index (χ0) is 13.7. The first-order valence-electron chi connectivity index (χ1n) is 6.33. The smallest absolute Gasteiger partial charge is 0.0178 e. The molecule has 0 aliphatic heterocycles. The van der Waals surface area contributed by atoms with Crippen molar-refractivity contribution < 1.29 is 0 Å². The average molecular weight is 383 g/mol. The Morgan fingerprint density at radius 2 is 1.68 bits per heavy atom. The first kappa shape index (κ1) is 14.8. The number of likely N-dealkylation sites (N-methyl/N-ethyl adjacent to an activating group) is 1. The van der Waals surface area contributed by atoms with Crippen LogP contribution in [0.4, 0.5) is 0 Å². The van der Waals surface area contributed by atoms with E-state index >= 15 is 0 Å². The standard InChI is InChI=1S/C16H17Br2N/c1-19-11-14(13-5-3-7-16(18)10-13)8-12-4-2-6-15(17)9-12/h2-7,9-10,14,19H,8,11H2,1H3. The number of hydrogen-bond donors (Lipinski definition) is 1. The predicted octanol–water partition coefficient (Wildman–Crippen LogP) is 4.76. The molecular formula is C16H17Br2N. The second-order valence-corrected chi connectivity index (χ2v) is 6.48. The van der Waals surface area contributed by atoms with Gasteiger partial charge in [-0.15, -0.1) is 0 Å². The molecule has 3 heteroatoms. The predicted molar refractivity (Wildman–Crippen MR) is 88.7 cm³/mol. The summed E-state index contributed by atoms with van der Waals surface area (Å²) in [4.78, 5) is 0. The molecular weight excluding hydrogens is 366 g/mol.